The van der Waals surface area contributed by atoms with E-state index in [0.717, 1.165) is 6.20 Å². The number of pyridine rings is 1. The third-order valence-electron chi connectivity index (χ3n) is 2.02. The summed E-state index contributed by atoms with van der Waals surface area (Å²) in [5, 5.41) is 10.4. The SMILES string of the molecule is C/C=C(\C(=O)OCC)c1ccc([N+](=O)[O-])cn1. The number of hydrogen-bond acceptors (Lipinski definition) is 5. The minimum absolute atomic E-state index is 0.118. The van der Waals surface area contributed by atoms with Crippen LogP contribution in [0.15, 0.2) is 24.4 Å². The Morgan fingerprint density at radius 2 is 2.29 bits per heavy atom. The van der Waals surface area contributed by atoms with Gasteiger partial charge in [0.1, 0.15) is 6.20 Å². The van der Waals surface area contributed by atoms with Gasteiger partial charge in [-0.2, -0.15) is 0 Å². The van der Waals surface area contributed by atoms with Crippen LogP contribution >= 0.6 is 0 Å². The highest BCUT2D eigenvalue weighted by Gasteiger charge is 2.14. The second-order valence-corrected chi connectivity index (χ2v) is 3.08. The fraction of sp³-hybridized carbons (Fsp3) is 0.273. The van der Waals surface area contributed by atoms with Gasteiger partial charge in [0.25, 0.3) is 5.69 Å². The Labute approximate surface area is 98.1 Å². The molecule has 0 fully saturated rings. The molecule has 17 heavy (non-hydrogen) atoms. The normalized spacial score (nSPS) is 11.1. The number of carbonyl (C=O) groups excluding carboxylic acids is 1. The maximum absolute atomic E-state index is 11.5. The smallest absolute Gasteiger partial charge is 0.339 e. The van der Waals surface area contributed by atoms with Gasteiger partial charge in [-0.3, -0.25) is 10.1 Å². The summed E-state index contributed by atoms with van der Waals surface area (Å²) in [4.78, 5) is 25.3. The van der Waals surface area contributed by atoms with Gasteiger partial charge in [0, 0.05) is 6.07 Å². The molecule has 0 saturated heterocycles. The number of allylic oxidation sites excluding steroid dienone is 1. The number of carbonyl (C=O) groups is 1. The van der Waals surface area contributed by atoms with Crippen LogP contribution in [0.4, 0.5) is 5.69 Å². The first-order valence-electron chi connectivity index (χ1n) is 5.04. The third-order valence-corrected chi connectivity index (χ3v) is 2.02. The molecule has 1 heterocycles. The van der Waals surface area contributed by atoms with E-state index in [1.807, 2.05) is 0 Å². The van der Waals surface area contributed by atoms with Crippen molar-refractivity contribution in [3.63, 3.8) is 0 Å². The molecule has 1 aromatic heterocycles. The zero-order valence-corrected chi connectivity index (χ0v) is 9.54. The Balaban J connectivity index is 2.98. The first-order chi connectivity index (χ1) is 8.10. The molecular weight excluding hydrogens is 224 g/mol. The number of hydrogen-bond donors (Lipinski definition) is 0. The van der Waals surface area contributed by atoms with Crippen LogP contribution in [0, 0.1) is 10.1 Å². The molecular formula is C11H12N2O4. The van der Waals surface area contributed by atoms with E-state index in [2.05, 4.69) is 4.98 Å². The van der Waals surface area contributed by atoms with Crippen molar-refractivity contribution in [2.45, 2.75) is 13.8 Å². The summed E-state index contributed by atoms with van der Waals surface area (Å²) in [6.07, 6.45) is 2.67. The van der Waals surface area contributed by atoms with E-state index in [4.69, 9.17) is 4.74 Å². The van der Waals surface area contributed by atoms with Crippen molar-refractivity contribution in [1.29, 1.82) is 0 Å². The van der Waals surface area contributed by atoms with Gasteiger partial charge in [0.2, 0.25) is 0 Å². The topological polar surface area (TPSA) is 82.3 Å². The molecule has 0 spiro atoms. The quantitative estimate of drug-likeness (QED) is 0.345. The summed E-state index contributed by atoms with van der Waals surface area (Å²) >= 11 is 0. The fourth-order valence-corrected chi connectivity index (χ4v) is 1.23. The minimum Gasteiger partial charge on any atom is -0.462 e. The van der Waals surface area contributed by atoms with Crippen molar-refractivity contribution >= 4 is 17.2 Å². The Morgan fingerprint density at radius 1 is 1.59 bits per heavy atom. The third kappa shape index (κ3) is 3.10. The summed E-state index contributed by atoms with van der Waals surface area (Å²) in [7, 11) is 0. The Morgan fingerprint density at radius 3 is 2.71 bits per heavy atom. The van der Waals surface area contributed by atoms with E-state index < -0.39 is 10.9 Å². The highest BCUT2D eigenvalue weighted by molar-refractivity contribution is 6.15. The monoisotopic (exact) mass is 236 g/mol. The van der Waals surface area contributed by atoms with Gasteiger partial charge in [-0.25, -0.2) is 9.78 Å². The van der Waals surface area contributed by atoms with Gasteiger partial charge in [0.05, 0.1) is 22.8 Å². The van der Waals surface area contributed by atoms with E-state index in [1.165, 1.54) is 12.1 Å². The molecule has 0 aliphatic rings. The van der Waals surface area contributed by atoms with Crippen LogP contribution < -0.4 is 0 Å². The van der Waals surface area contributed by atoms with Crippen LogP contribution in [0.25, 0.3) is 5.57 Å². The molecule has 0 N–H and O–H groups in total. The van der Waals surface area contributed by atoms with E-state index in [-0.39, 0.29) is 12.3 Å². The van der Waals surface area contributed by atoms with Crippen LogP contribution in [0.5, 0.6) is 0 Å². The molecule has 6 nitrogen and oxygen atoms in total. The Bertz CT molecular complexity index is 451. The molecule has 0 saturated carbocycles. The molecule has 0 amide bonds. The van der Waals surface area contributed by atoms with E-state index in [9.17, 15) is 14.9 Å². The number of nitro groups is 1. The predicted octanol–water partition coefficient (Wildman–Crippen LogP) is 1.96. The number of nitrogens with zero attached hydrogens (tertiary/aromatic N) is 2. The molecule has 90 valence electrons. The van der Waals surface area contributed by atoms with Crippen LogP contribution in [0.1, 0.15) is 19.5 Å². The van der Waals surface area contributed by atoms with Crippen molar-refractivity contribution in [3.05, 3.63) is 40.2 Å². The first-order valence-corrected chi connectivity index (χ1v) is 5.04. The lowest BCUT2D eigenvalue weighted by Crippen LogP contribution is -2.08. The average Bonchev–Trinajstić information content (AvgIpc) is 2.31. The number of ether oxygens (including phenoxy) is 1. The maximum atomic E-state index is 11.5. The Kier molecular flexibility index (Phi) is 4.33. The maximum Gasteiger partial charge on any atom is 0.339 e. The molecule has 1 aromatic rings. The lowest BCUT2D eigenvalue weighted by molar-refractivity contribution is -0.385. The fourth-order valence-electron chi connectivity index (χ4n) is 1.23. The predicted molar refractivity (Wildman–Crippen MR) is 61.2 cm³/mol. The number of aromatic nitrogens is 1. The van der Waals surface area contributed by atoms with Crippen LogP contribution in [-0.2, 0) is 9.53 Å². The summed E-state index contributed by atoms with van der Waals surface area (Å²) in [5.41, 5.74) is 0.534. The van der Waals surface area contributed by atoms with Crippen LogP contribution in [0.3, 0.4) is 0 Å². The minimum atomic E-state index is -0.545. The zero-order valence-electron chi connectivity index (χ0n) is 9.54. The van der Waals surface area contributed by atoms with E-state index in [1.54, 1.807) is 19.9 Å². The van der Waals surface area contributed by atoms with Crippen LogP contribution in [0.2, 0.25) is 0 Å². The molecule has 6 heteroatoms. The Hall–Kier alpha value is -2.24. The van der Waals surface area contributed by atoms with Crippen molar-refractivity contribution in [2.24, 2.45) is 0 Å². The van der Waals surface area contributed by atoms with Gasteiger partial charge in [-0.05, 0) is 19.9 Å². The molecule has 0 atom stereocenters. The number of esters is 1. The average molecular weight is 236 g/mol. The van der Waals surface area contributed by atoms with Crippen molar-refractivity contribution in [1.82, 2.24) is 4.98 Å². The van der Waals surface area contributed by atoms with Crippen molar-refractivity contribution < 1.29 is 14.5 Å². The molecule has 0 bridgehead atoms. The standard InChI is InChI=1S/C11H12N2O4/c1-3-9(11(14)17-4-2)10-6-5-8(7-12-10)13(15)16/h3,5-7H,4H2,1-2H3/b9-3-. The van der Waals surface area contributed by atoms with Gasteiger partial charge in [-0.1, -0.05) is 6.08 Å². The summed E-state index contributed by atoms with van der Waals surface area (Å²) in [5.74, 6) is -0.489. The lowest BCUT2D eigenvalue weighted by Gasteiger charge is -2.05. The van der Waals surface area contributed by atoms with Crippen molar-refractivity contribution in [2.75, 3.05) is 6.61 Å². The molecule has 0 aromatic carbocycles. The van der Waals surface area contributed by atoms with Crippen molar-refractivity contribution in [3.8, 4) is 0 Å². The summed E-state index contributed by atoms with van der Waals surface area (Å²) in [6.45, 7) is 3.65. The first kappa shape index (κ1) is 12.8. The zero-order chi connectivity index (χ0) is 12.8. The van der Waals surface area contributed by atoms with Gasteiger partial charge in [-0.15, -0.1) is 0 Å². The highest BCUT2D eigenvalue weighted by Crippen LogP contribution is 2.16. The molecule has 0 aliphatic carbocycles. The summed E-state index contributed by atoms with van der Waals surface area (Å²) < 4.78 is 4.85. The molecule has 0 unspecified atom stereocenters. The van der Waals surface area contributed by atoms with Gasteiger partial charge >= 0.3 is 5.97 Å². The highest BCUT2D eigenvalue weighted by atomic mass is 16.6. The second-order valence-electron chi connectivity index (χ2n) is 3.08. The second kappa shape index (κ2) is 5.74. The van der Waals surface area contributed by atoms with Gasteiger partial charge in [0.15, 0.2) is 0 Å². The van der Waals surface area contributed by atoms with E-state index in [0.29, 0.717) is 11.3 Å². The number of rotatable bonds is 4. The van der Waals surface area contributed by atoms with E-state index >= 15 is 0 Å². The molecule has 1 rings (SSSR count). The van der Waals surface area contributed by atoms with Gasteiger partial charge < -0.3 is 4.74 Å². The lowest BCUT2D eigenvalue weighted by atomic mass is 10.1. The molecule has 0 radical (unpaired) electrons. The largest absolute Gasteiger partial charge is 0.462 e. The van der Waals surface area contributed by atoms with Crippen LogP contribution in [-0.4, -0.2) is 22.5 Å². The molecule has 0 aliphatic heterocycles. The summed E-state index contributed by atoms with van der Waals surface area (Å²) in [6, 6.07) is 2.72.